The van der Waals surface area contributed by atoms with Crippen LogP contribution in [0, 0.1) is 5.92 Å². The molecule has 2 rings (SSSR count). The van der Waals surface area contributed by atoms with Crippen LogP contribution in [0.5, 0.6) is 0 Å². The SMILES string of the molecule is CCCNC(C1=CCCO1)C(OC)C1CC1. The molecule has 1 aliphatic heterocycles. The smallest absolute Gasteiger partial charge is 0.112 e. The molecular formula is C13H23NO2. The topological polar surface area (TPSA) is 30.5 Å². The fourth-order valence-electron chi connectivity index (χ4n) is 2.36. The van der Waals surface area contributed by atoms with E-state index in [1.807, 2.05) is 7.11 Å². The summed E-state index contributed by atoms with van der Waals surface area (Å²) in [5.74, 6) is 1.83. The van der Waals surface area contributed by atoms with Crippen LogP contribution in [0.15, 0.2) is 11.8 Å². The van der Waals surface area contributed by atoms with Crippen molar-refractivity contribution >= 4 is 0 Å². The van der Waals surface area contributed by atoms with Crippen molar-refractivity contribution in [3.8, 4) is 0 Å². The van der Waals surface area contributed by atoms with E-state index in [1.165, 1.54) is 12.8 Å². The first kappa shape index (κ1) is 11.9. The van der Waals surface area contributed by atoms with Gasteiger partial charge < -0.3 is 14.8 Å². The molecule has 3 heteroatoms. The third kappa shape index (κ3) is 2.77. The van der Waals surface area contributed by atoms with E-state index in [2.05, 4.69) is 18.3 Å². The number of hydrogen-bond acceptors (Lipinski definition) is 3. The Morgan fingerprint density at radius 3 is 2.88 bits per heavy atom. The molecule has 3 nitrogen and oxygen atoms in total. The van der Waals surface area contributed by atoms with E-state index >= 15 is 0 Å². The normalized spacial score (nSPS) is 23.8. The van der Waals surface area contributed by atoms with E-state index in [9.17, 15) is 0 Å². The standard InChI is InChI=1S/C13H23NO2/c1-3-8-14-12(11-5-4-9-16-11)13(15-2)10-6-7-10/h5,10,12-14H,3-4,6-9H2,1-2H3. The van der Waals surface area contributed by atoms with Gasteiger partial charge in [0.25, 0.3) is 0 Å². The zero-order valence-electron chi connectivity index (χ0n) is 10.4. The van der Waals surface area contributed by atoms with Crippen LogP contribution in [0.25, 0.3) is 0 Å². The van der Waals surface area contributed by atoms with Gasteiger partial charge in [-0.25, -0.2) is 0 Å². The Morgan fingerprint density at radius 1 is 1.56 bits per heavy atom. The van der Waals surface area contributed by atoms with Gasteiger partial charge in [-0.3, -0.25) is 0 Å². The number of hydrogen-bond donors (Lipinski definition) is 1. The molecule has 1 fully saturated rings. The van der Waals surface area contributed by atoms with Crippen molar-refractivity contribution in [1.82, 2.24) is 5.32 Å². The van der Waals surface area contributed by atoms with Crippen LogP contribution < -0.4 is 5.32 Å². The van der Waals surface area contributed by atoms with E-state index in [4.69, 9.17) is 9.47 Å². The summed E-state index contributed by atoms with van der Waals surface area (Å²) in [6.07, 6.45) is 7.29. The summed E-state index contributed by atoms with van der Waals surface area (Å²) < 4.78 is 11.4. The lowest BCUT2D eigenvalue weighted by Gasteiger charge is -2.27. The number of rotatable bonds is 7. The maximum Gasteiger partial charge on any atom is 0.112 e. The summed E-state index contributed by atoms with van der Waals surface area (Å²) >= 11 is 0. The molecule has 2 unspecified atom stereocenters. The van der Waals surface area contributed by atoms with Crippen molar-refractivity contribution in [2.24, 2.45) is 5.92 Å². The first-order chi connectivity index (χ1) is 7.86. The van der Waals surface area contributed by atoms with Crippen LogP contribution in [0.3, 0.4) is 0 Å². The fourth-order valence-corrected chi connectivity index (χ4v) is 2.36. The molecule has 0 amide bonds. The molecule has 2 atom stereocenters. The summed E-state index contributed by atoms with van der Waals surface area (Å²) in [6, 6.07) is 0.264. The highest BCUT2D eigenvalue weighted by molar-refractivity contribution is 5.12. The van der Waals surface area contributed by atoms with Crippen LogP contribution >= 0.6 is 0 Å². The molecule has 92 valence electrons. The van der Waals surface area contributed by atoms with Crippen LogP contribution in [-0.4, -0.2) is 32.4 Å². The zero-order valence-corrected chi connectivity index (χ0v) is 10.4. The second-order valence-corrected chi connectivity index (χ2v) is 4.71. The minimum absolute atomic E-state index is 0.264. The number of ether oxygens (including phenoxy) is 2. The van der Waals surface area contributed by atoms with Crippen LogP contribution in [-0.2, 0) is 9.47 Å². The van der Waals surface area contributed by atoms with Gasteiger partial charge in [0, 0.05) is 13.5 Å². The quantitative estimate of drug-likeness (QED) is 0.719. The monoisotopic (exact) mass is 225 g/mol. The summed E-state index contributed by atoms with van der Waals surface area (Å²) in [4.78, 5) is 0. The van der Waals surface area contributed by atoms with Gasteiger partial charge in [0.05, 0.1) is 18.8 Å². The molecule has 16 heavy (non-hydrogen) atoms. The van der Waals surface area contributed by atoms with E-state index in [1.54, 1.807) is 0 Å². The van der Waals surface area contributed by atoms with Crippen molar-refractivity contribution < 1.29 is 9.47 Å². The Hall–Kier alpha value is -0.540. The predicted octanol–water partition coefficient (Wildman–Crippen LogP) is 2.08. The summed E-state index contributed by atoms with van der Waals surface area (Å²) in [5, 5.41) is 3.57. The van der Waals surface area contributed by atoms with E-state index in [0.29, 0.717) is 0 Å². The van der Waals surface area contributed by atoms with Crippen LogP contribution in [0.4, 0.5) is 0 Å². The molecule has 0 bridgehead atoms. The Bertz CT molecular complexity index is 248. The molecule has 0 aromatic carbocycles. The van der Waals surface area contributed by atoms with Crippen molar-refractivity contribution in [3.63, 3.8) is 0 Å². The van der Waals surface area contributed by atoms with Gasteiger partial charge in [0.15, 0.2) is 0 Å². The maximum absolute atomic E-state index is 5.69. The lowest BCUT2D eigenvalue weighted by Crippen LogP contribution is -2.44. The number of methoxy groups -OCH3 is 1. The Labute approximate surface area is 98.2 Å². The molecule has 1 heterocycles. The van der Waals surface area contributed by atoms with Crippen molar-refractivity contribution in [2.45, 2.75) is 44.8 Å². The molecule has 0 spiro atoms. The van der Waals surface area contributed by atoms with E-state index in [0.717, 1.165) is 37.7 Å². The summed E-state index contributed by atoms with van der Waals surface area (Å²) in [6.45, 7) is 4.05. The highest BCUT2D eigenvalue weighted by Crippen LogP contribution is 2.37. The lowest BCUT2D eigenvalue weighted by molar-refractivity contribution is 0.0430. The number of nitrogens with one attached hydrogen (secondary N) is 1. The van der Waals surface area contributed by atoms with E-state index in [-0.39, 0.29) is 12.1 Å². The molecule has 0 aromatic heterocycles. The molecule has 0 saturated heterocycles. The molecule has 0 aromatic rings. The highest BCUT2D eigenvalue weighted by Gasteiger charge is 2.39. The third-order valence-electron chi connectivity index (χ3n) is 3.34. The molecular weight excluding hydrogens is 202 g/mol. The molecule has 1 saturated carbocycles. The first-order valence-corrected chi connectivity index (χ1v) is 6.45. The van der Waals surface area contributed by atoms with Gasteiger partial charge in [-0.05, 0) is 37.8 Å². The zero-order chi connectivity index (χ0) is 11.4. The average Bonchev–Trinajstić information content (AvgIpc) is 2.99. The lowest BCUT2D eigenvalue weighted by atomic mass is 10.0. The minimum atomic E-state index is 0.264. The predicted molar refractivity (Wildman–Crippen MR) is 64.3 cm³/mol. The largest absolute Gasteiger partial charge is 0.496 e. The fraction of sp³-hybridized carbons (Fsp3) is 0.846. The Kier molecular flexibility index (Phi) is 4.24. The van der Waals surface area contributed by atoms with Crippen molar-refractivity contribution in [2.75, 3.05) is 20.3 Å². The molecule has 1 N–H and O–H groups in total. The highest BCUT2D eigenvalue weighted by atomic mass is 16.5. The summed E-state index contributed by atoms with van der Waals surface area (Å²) in [7, 11) is 1.82. The van der Waals surface area contributed by atoms with Crippen LogP contribution in [0.2, 0.25) is 0 Å². The molecule has 1 aliphatic carbocycles. The first-order valence-electron chi connectivity index (χ1n) is 6.45. The summed E-state index contributed by atoms with van der Waals surface area (Å²) in [5.41, 5.74) is 0. The van der Waals surface area contributed by atoms with Gasteiger partial charge in [0.2, 0.25) is 0 Å². The third-order valence-corrected chi connectivity index (χ3v) is 3.34. The van der Waals surface area contributed by atoms with Gasteiger partial charge in [-0.1, -0.05) is 6.92 Å². The van der Waals surface area contributed by atoms with Gasteiger partial charge >= 0.3 is 0 Å². The maximum atomic E-state index is 5.69. The Balaban J connectivity index is 1.99. The molecule has 2 aliphatic rings. The van der Waals surface area contributed by atoms with E-state index < -0.39 is 0 Å². The average molecular weight is 225 g/mol. The van der Waals surface area contributed by atoms with Crippen molar-refractivity contribution in [1.29, 1.82) is 0 Å². The minimum Gasteiger partial charge on any atom is -0.496 e. The van der Waals surface area contributed by atoms with Gasteiger partial charge in [-0.15, -0.1) is 0 Å². The van der Waals surface area contributed by atoms with Crippen LogP contribution in [0.1, 0.15) is 32.6 Å². The second-order valence-electron chi connectivity index (χ2n) is 4.71. The second kappa shape index (κ2) is 5.69. The molecule has 0 radical (unpaired) electrons. The Morgan fingerprint density at radius 2 is 2.38 bits per heavy atom. The van der Waals surface area contributed by atoms with Crippen molar-refractivity contribution in [3.05, 3.63) is 11.8 Å². The van der Waals surface area contributed by atoms with Gasteiger partial charge in [-0.2, -0.15) is 0 Å². The van der Waals surface area contributed by atoms with Gasteiger partial charge in [0.1, 0.15) is 5.76 Å².